The second kappa shape index (κ2) is 8.67. The van der Waals surface area contributed by atoms with Gasteiger partial charge in [-0.2, -0.15) is 0 Å². The number of amides is 2. The van der Waals surface area contributed by atoms with Gasteiger partial charge < -0.3 is 24.1 Å². The molecule has 32 heavy (non-hydrogen) atoms. The molecule has 0 atom stereocenters. The average Bonchev–Trinajstić information content (AvgIpc) is 3.19. The first-order chi connectivity index (χ1) is 15.3. The number of ether oxygens (including phenoxy) is 2. The van der Waals surface area contributed by atoms with Crippen molar-refractivity contribution in [2.75, 3.05) is 33.4 Å². The molecule has 0 aliphatic carbocycles. The van der Waals surface area contributed by atoms with Crippen LogP contribution in [0.1, 0.15) is 36.7 Å². The number of carbonyl (C=O) groups is 2. The van der Waals surface area contributed by atoms with E-state index >= 15 is 0 Å². The molecule has 0 spiro atoms. The van der Waals surface area contributed by atoms with Gasteiger partial charge in [-0.1, -0.05) is 32.9 Å². The van der Waals surface area contributed by atoms with Gasteiger partial charge in [0.2, 0.25) is 0 Å². The summed E-state index contributed by atoms with van der Waals surface area (Å²) in [7, 11) is 1.50. The zero-order chi connectivity index (χ0) is 22.9. The van der Waals surface area contributed by atoms with Gasteiger partial charge in [-0.25, -0.2) is 4.79 Å². The summed E-state index contributed by atoms with van der Waals surface area (Å²) in [6.45, 7) is 8.72. The molecule has 2 heterocycles. The maximum absolute atomic E-state index is 12.7. The van der Waals surface area contributed by atoms with Gasteiger partial charge in [-0.15, -0.1) is 0 Å². The third-order valence-corrected chi connectivity index (χ3v) is 5.56. The Bertz CT molecular complexity index is 1140. The highest BCUT2D eigenvalue weighted by Crippen LogP contribution is 2.38. The predicted molar refractivity (Wildman–Crippen MR) is 122 cm³/mol. The number of hydrogen-bond donors (Lipinski definition) is 1. The highest BCUT2D eigenvalue weighted by molar-refractivity contribution is 5.95. The Kier molecular flexibility index (Phi) is 5.93. The minimum atomic E-state index is -0.581. The van der Waals surface area contributed by atoms with Gasteiger partial charge in [0, 0.05) is 42.7 Å². The Balaban J connectivity index is 1.68. The third-order valence-electron chi connectivity index (χ3n) is 5.56. The van der Waals surface area contributed by atoms with Crippen LogP contribution in [0.5, 0.6) is 5.95 Å². The van der Waals surface area contributed by atoms with E-state index in [1.807, 2.05) is 35.2 Å². The highest BCUT2D eigenvalue weighted by atomic mass is 16.6. The van der Waals surface area contributed by atoms with Gasteiger partial charge in [0.1, 0.15) is 5.58 Å². The van der Waals surface area contributed by atoms with Crippen LogP contribution in [0, 0.1) is 0 Å². The predicted octanol–water partition coefficient (Wildman–Crippen LogP) is 4.59. The van der Waals surface area contributed by atoms with E-state index in [4.69, 9.17) is 13.9 Å². The maximum Gasteiger partial charge on any atom is 0.414 e. The van der Waals surface area contributed by atoms with Crippen LogP contribution in [-0.2, 0) is 10.2 Å². The molecule has 1 aliphatic rings. The molecule has 2 aromatic carbocycles. The van der Waals surface area contributed by atoms with Crippen molar-refractivity contribution >= 4 is 23.0 Å². The molecule has 1 fully saturated rings. The van der Waals surface area contributed by atoms with Crippen molar-refractivity contribution in [3.8, 4) is 17.1 Å². The highest BCUT2D eigenvalue weighted by Gasteiger charge is 2.23. The van der Waals surface area contributed by atoms with Crippen molar-refractivity contribution < 1.29 is 23.5 Å². The number of fused-ring (bicyclic) bond motifs is 1. The van der Waals surface area contributed by atoms with E-state index in [1.165, 1.54) is 7.05 Å². The normalized spacial score (nSPS) is 14.4. The fourth-order valence-corrected chi connectivity index (χ4v) is 3.80. The first kappa shape index (κ1) is 21.9. The second-order valence-electron chi connectivity index (χ2n) is 8.88. The van der Waals surface area contributed by atoms with Crippen molar-refractivity contribution in [3.05, 3.63) is 53.6 Å². The van der Waals surface area contributed by atoms with Crippen LogP contribution in [0.25, 0.3) is 22.1 Å². The fraction of sp³-hybridized carbons (Fsp3) is 0.360. The molecule has 3 aromatic rings. The number of rotatable bonds is 3. The average molecular weight is 437 g/mol. The first-order valence-electron chi connectivity index (χ1n) is 10.7. The number of morpholine rings is 1. The molecule has 7 heteroatoms. The van der Waals surface area contributed by atoms with E-state index in [0.717, 1.165) is 22.1 Å². The lowest BCUT2D eigenvalue weighted by molar-refractivity contribution is 0.0303. The molecule has 1 saturated heterocycles. The Morgan fingerprint density at radius 1 is 1.00 bits per heavy atom. The van der Waals surface area contributed by atoms with Crippen LogP contribution in [0.15, 0.2) is 46.9 Å². The van der Waals surface area contributed by atoms with Gasteiger partial charge in [0.05, 0.1) is 13.2 Å². The Morgan fingerprint density at radius 3 is 2.31 bits per heavy atom. The summed E-state index contributed by atoms with van der Waals surface area (Å²) in [5.74, 6) is 0.171. The van der Waals surface area contributed by atoms with E-state index in [9.17, 15) is 9.59 Å². The van der Waals surface area contributed by atoms with E-state index in [1.54, 1.807) is 6.07 Å². The van der Waals surface area contributed by atoms with Crippen LogP contribution >= 0.6 is 0 Å². The molecule has 168 valence electrons. The summed E-state index contributed by atoms with van der Waals surface area (Å²) >= 11 is 0. The van der Waals surface area contributed by atoms with Crippen LogP contribution < -0.4 is 10.1 Å². The summed E-state index contributed by atoms with van der Waals surface area (Å²) in [6, 6.07) is 13.5. The zero-order valence-electron chi connectivity index (χ0n) is 18.9. The number of nitrogens with one attached hydrogen (secondary N) is 1. The summed E-state index contributed by atoms with van der Waals surface area (Å²) in [5, 5.41) is 3.27. The molecule has 4 rings (SSSR count). The molecular weight excluding hydrogens is 408 g/mol. The molecule has 1 aliphatic heterocycles. The third kappa shape index (κ3) is 4.48. The van der Waals surface area contributed by atoms with Gasteiger partial charge in [-0.05, 0) is 40.8 Å². The van der Waals surface area contributed by atoms with Gasteiger partial charge in [0.15, 0.2) is 0 Å². The van der Waals surface area contributed by atoms with E-state index in [-0.39, 0.29) is 17.3 Å². The molecule has 0 bridgehead atoms. The minimum Gasteiger partial charge on any atom is -0.425 e. The number of furan rings is 1. The number of carbonyl (C=O) groups excluding carboxylic acids is 2. The number of hydrogen-bond acceptors (Lipinski definition) is 5. The van der Waals surface area contributed by atoms with Crippen LogP contribution in [0.3, 0.4) is 0 Å². The van der Waals surface area contributed by atoms with Crippen molar-refractivity contribution in [1.82, 2.24) is 10.2 Å². The van der Waals surface area contributed by atoms with Gasteiger partial charge >= 0.3 is 6.09 Å². The minimum absolute atomic E-state index is 0.0245. The monoisotopic (exact) mass is 436 g/mol. The Hall–Kier alpha value is -3.32. The van der Waals surface area contributed by atoms with Crippen molar-refractivity contribution in [2.45, 2.75) is 26.2 Å². The summed E-state index contributed by atoms with van der Waals surface area (Å²) in [4.78, 5) is 26.2. The lowest BCUT2D eigenvalue weighted by atomic mass is 9.84. The lowest BCUT2D eigenvalue weighted by Gasteiger charge is -2.26. The van der Waals surface area contributed by atoms with E-state index < -0.39 is 6.09 Å². The summed E-state index contributed by atoms with van der Waals surface area (Å²) in [5.41, 5.74) is 4.16. The molecule has 1 N–H and O–H groups in total. The van der Waals surface area contributed by atoms with Crippen LogP contribution in [0.4, 0.5) is 4.79 Å². The van der Waals surface area contributed by atoms with E-state index in [2.05, 4.69) is 32.2 Å². The fourth-order valence-electron chi connectivity index (χ4n) is 3.80. The summed E-state index contributed by atoms with van der Waals surface area (Å²) < 4.78 is 16.4. The molecule has 0 radical (unpaired) electrons. The summed E-state index contributed by atoms with van der Waals surface area (Å²) in [6.07, 6.45) is -0.581. The van der Waals surface area contributed by atoms with Gasteiger partial charge in [0.25, 0.3) is 11.9 Å². The Labute approximate surface area is 187 Å². The molecule has 1 aromatic heterocycles. The lowest BCUT2D eigenvalue weighted by Crippen LogP contribution is -2.40. The Morgan fingerprint density at radius 2 is 1.69 bits per heavy atom. The zero-order valence-corrected chi connectivity index (χ0v) is 18.9. The largest absolute Gasteiger partial charge is 0.425 e. The second-order valence-corrected chi connectivity index (χ2v) is 8.88. The van der Waals surface area contributed by atoms with Crippen LogP contribution in [0.2, 0.25) is 0 Å². The molecule has 0 unspecified atom stereocenters. The molecule has 2 amide bonds. The van der Waals surface area contributed by atoms with Crippen molar-refractivity contribution in [2.24, 2.45) is 0 Å². The van der Waals surface area contributed by atoms with Crippen LogP contribution in [-0.4, -0.2) is 50.3 Å². The standard InChI is InChI=1S/C25H28N2O5/c1-25(2,3)20-14-18(13-19-15-21(31-22(19)20)32-24(29)26-4)16-5-7-17(8-6-16)23(28)27-9-11-30-12-10-27/h5-8,13-15H,9-12H2,1-4H3,(H,26,29). The quantitative estimate of drug-likeness (QED) is 0.650. The maximum atomic E-state index is 12.7. The molecule has 7 nitrogen and oxygen atoms in total. The first-order valence-corrected chi connectivity index (χ1v) is 10.7. The number of benzene rings is 2. The number of nitrogens with zero attached hydrogens (tertiary/aromatic N) is 1. The van der Waals surface area contributed by atoms with Crippen molar-refractivity contribution in [3.63, 3.8) is 0 Å². The SMILES string of the molecule is CNC(=O)Oc1cc2cc(-c3ccc(C(=O)N4CCOCC4)cc3)cc(C(C)(C)C)c2o1. The molecule has 0 saturated carbocycles. The van der Waals surface area contributed by atoms with Gasteiger partial charge in [-0.3, -0.25) is 4.79 Å². The molecular formula is C25H28N2O5. The topological polar surface area (TPSA) is 81.0 Å². The smallest absolute Gasteiger partial charge is 0.414 e. The van der Waals surface area contributed by atoms with E-state index in [0.29, 0.717) is 37.4 Å². The van der Waals surface area contributed by atoms with Crippen molar-refractivity contribution in [1.29, 1.82) is 0 Å².